The third-order valence-corrected chi connectivity index (χ3v) is 2.44. The zero-order chi connectivity index (χ0) is 11.9. The first-order chi connectivity index (χ1) is 6.89. The first kappa shape index (κ1) is 14.4. The third kappa shape index (κ3) is 7.33. The highest BCUT2D eigenvalue weighted by atomic mass is 16.5. The average Bonchev–Trinajstić information content (AvgIpc) is 2.14. The Labute approximate surface area is 92.0 Å². The van der Waals surface area contributed by atoms with E-state index < -0.39 is 5.97 Å². The Morgan fingerprint density at radius 3 is 2.60 bits per heavy atom. The zero-order valence-corrected chi connectivity index (χ0v) is 10.2. The van der Waals surface area contributed by atoms with E-state index in [2.05, 4.69) is 5.32 Å². The Morgan fingerprint density at radius 1 is 1.53 bits per heavy atom. The molecule has 0 aromatic carbocycles. The summed E-state index contributed by atoms with van der Waals surface area (Å²) in [5, 5.41) is 11.8. The van der Waals surface area contributed by atoms with Crippen molar-refractivity contribution in [2.45, 2.75) is 39.2 Å². The zero-order valence-electron chi connectivity index (χ0n) is 10.2. The predicted octanol–water partition coefficient (Wildman–Crippen LogP) is 1.50. The lowest BCUT2D eigenvalue weighted by Crippen LogP contribution is -2.30. The van der Waals surface area contributed by atoms with E-state index >= 15 is 0 Å². The average molecular weight is 217 g/mol. The summed E-state index contributed by atoms with van der Waals surface area (Å²) in [4.78, 5) is 10.6. The monoisotopic (exact) mass is 217 g/mol. The maximum Gasteiger partial charge on any atom is 0.306 e. The highest BCUT2D eigenvalue weighted by Gasteiger charge is 2.18. The molecule has 0 rings (SSSR count). The van der Waals surface area contributed by atoms with Crippen LogP contribution >= 0.6 is 0 Å². The van der Waals surface area contributed by atoms with Crippen molar-refractivity contribution < 1.29 is 14.6 Å². The van der Waals surface area contributed by atoms with Gasteiger partial charge in [0, 0.05) is 6.61 Å². The van der Waals surface area contributed by atoms with Crippen LogP contribution in [0.2, 0.25) is 0 Å². The maximum absolute atomic E-state index is 10.6. The first-order valence-corrected chi connectivity index (χ1v) is 5.40. The van der Waals surface area contributed by atoms with Gasteiger partial charge in [-0.05, 0) is 40.3 Å². The van der Waals surface area contributed by atoms with Gasteiger partial charge in [-0.1, -0.05) is 6.92 Å². The molecule has 1 atom stereocenters. The van der Waals surface area contributed by atoms with Crippen molar-refractivity contribution in [3.63, 3.8) is 0 Å². The number of carboxylic acid groups (broad SMARTS) is 1. The number of ether oxygens (including phenoxy) is 1. The summed E-state index contributed by atoms with van der Waals surface area (Å²) < 4.78 is 5.65. The minimum atomic E-state index is -0.758. The molecule has 4 heteroatoms. The van der Waals surface area contributed by atoms with E-state index in [0.717, 1.165) is 13.0 Å². The molecule has 0 spiro atoms. The molecule has 0 aromatic rings. The van der Waals surface area contributed by atoms with Gasteiger partial charge in [0.25, 0.3) is 0 Å². The van der Waals surface area contributed by atoms with Crippen LogP contribution in [0.5, 0.6) is 0 Å². The van der Waals surface area contributed by atoms with Crippen LogP contribution in [-0.2, 0) is 9.53 Å². The molecule has 0 radical (unpaired) electrons. The SMILES string of the molecule is CNCCC(C)(C)OCCC(C)C(=O)O. The molecule has 0 saturated heterocycles. The number of carboxylic acids is 1. The molecule has 0 fully saturated rings. The van der Waals surface area contributed by atoms with Gasteiger partial charge in [0.2, 0.25) is 0 Å². The molecule has 15 heavy (non-hydrogen) atoms. The van der Waals surface area contributed by atoms with Crippen molar-refractivity contribution in [3.8, 4) is 0 Å². The number of nitrogens with one attached hydrogen (secondary N) is 1. The molecule has 2 N–H and O–H groups in total. The molecule has 0 aliphatic carbocycles. The summed E-state index contributed by atoms with van der Waals surface area (Å²) in [7, 11) is 1.91. The smallest absolute Gasteiger partial charge is 0.306 e. The van der Waals surface area contributed by atoms with Crippen molar-refractivity contribution >= 4 is 5.97 Å². The minimum Gasteiger partial charge on any atom is -0.481 e. The van der Waals surface area contributed by atoms with Crippen molar-refractivity contribution in [2.24, 2.45) is 5.92 Å². The van der Waals surface area contributed by atoms with Crippen LogP contribution in [0, 0.1) is 5.92 Å². The Bertz CT molecular complexity index is 192. The second-order valence-electron chi connectivity index (χ2n) is 4.49. The van der Waals surface area contributed by atoms with Gasteiger partial charge in [0.05, 0.1) is 11.5 Å². The highest BCUT2D eigenvalue weighted by molar-refractivity contribution is 5.69. The molecular weight excluding hydrogens is 194 g/mol. The second kappa shape index (κ2) is 6.80. The lowest BCUT2D eigenvalue weighted by molar-refractivity contribution is -0.142. The van der Waals surface area contributed by atoms with Gasteiger partial charge >= 0.3 is 5.97 Å². The predicted molar refractivity (Wildman–Crippen MR) is 60.0 cm³/mol. The number of aliphatic carboxylic acids is 1. The van der Waals surface area contributed by atoms with E-state index in [1.165, 1.54) is 0 Å². The molecule has 0 aliphatic heterocycles. The van der Waals surface area contributed by atoms with Gasteiger partial charge in [-0.3, -0.25) is 4.79 Å². The van der Waals surface area contributed by atoms with Gasteiger partial charge < -0.3 is 15.2 Å². The quantitative estimate of drug-likeness (QED) is 0.647. The van der Waals surface area contributed by atoms with E-state index in [1.54, 1.807) is 6.92 Å². The van der Waals surface area contributed by atoms with E-state index in [1.807, 2.05) is 20.9 Å². The lowest BCUT2D eigenvalue weighted by Gasteiger charge is -2.25. The normalized spacial score (nSPS) is 13.9. The molecule has 1 unspecified atom stereocenters. The van der Waals surface area contributed by atoms with Gasteiger partial charge in [0.15, 0.2) is 0 Å². The lowest BCUT2D eigenvalue weighted by atomic mass is 10.0. The number of hydrogen-bond acceptors (Lipinski definition) is 3. The number of rotatable bonds is 8. The van der Waals surface area contributed by atoms with Crippen LogP contribution in [0.4, 0.5) is 0 Å². The van der Waals surface area contributed by atoms with E-state index in [0.29, 0.717) is 13.0 Å². The summed E-state index contributed by atoms with van der Waals surface area (Å²) in [6, 6.07) is 0. The van der Waals surface area contributed by atoms with Crippen LogP contribution in [0.1, 0.15) is 33.6 Å². The van der Waals surface area contributed by atoms with Crippen LogP contribution < -0.4 is 5.32 Å². The fraction of sp³-hybridized carbons (Fsp3) is 0.909. The van der Waals surface area contributed by atoms with Crippen molar-refractivity contribution in [2.75, 3.05) is 20.2 Å². The third-order valence-electron chi connectivity index (χ3n) is 2.44. The van der Waals surface area contributed by atoms with E-state index in [9.17, 15) is 4.79 Å². The molecule has 0 aromatic heterocycles. The minimum absolute atomic E-state index is 0.179. The fourth-order valence-electron chi connectivity index (χ4n) is 1.13. The summed E-state index contributed by atoms with van der Waals surface area (Å²) in [6.07, 6.45) is 1.49. The second-order valence-corrected chi connectivity index (χ2v) is 4.49. The summed E-state index contributed by atoms with van der Waals surface area (Å²) >= 11 is 0. The molecule has 0 amide bonds. The largest absolute Gasteiger partial charge is 0.481 e. The Hall–Kier alpha value is -0.610. The van der Waals surface area contributed by atoms with Crippen molar-refractivity contribution in [3.05, 3.63) is 0 Å². The van der Waals surface area contributed by atoms with Gasteiger partial charge in [-0.2, -0.15) is 0 Å². The maximum atomic E-state index is 10.6. The van der Waals surface area contributed by atoms with Crippen LogP contribution in [0.3, 0.4) is 0 Å². The highest BCUT2D eigenvalue weighted by Crippen LogP contribution is 2.15. The molecule has 0 heterocycles. The molecule has 0 saturated carbocycles. The standard InChI is InChI=1S/C11H23NO3/c1-9(10(13)14)5-8-15-11(2,3)6-7-12-4/h9,12H,5-8H2,1-4H3,(H,13,14). The van der Waals surface area contributed by atoms with E-state index in [4.69, 9.17) is 9.84 Å². The molecule has 0 bridgehead atoms. The molecule has 0 aliphatic rings. The summed E-state index contributed by atoms with van der Waals surface area (Å²) in [5.74, 6) is -1.09. The van der Waals surface area contributed by atoms with Crippen molar-refractivity contribution in [1.82, 2.24) is 5.32 Å². The molecular formula is C11H23NO3. The molecule has 4 nitrogen and oxygen atoms in total. The van der Waals surface area contributed by atoms with Gasteiger partial charge in [-0.15, -0.1) is 0 Å². The van der Waals surface area contributed by atoms with Crippen LogP contribution in [0.25, 0.3) is 0 Å². The van der Waals surface area contributed by atoms with Crippen LogP contribution in [0.15, 0.2) is 0 Å². The van der Waals surface area contributed by atoms with Crippen LogP contribution in [-0.4, -0.2) is 36.9 Å². The number of carbonyl (C=O) groups is 1. The molecule has 90 valence electrons. The van der Waals surface area contributed by atoms with Gasteiger partial charge in [-0.25, -0.2) is 0 Å². The van der Waals surface area contributed by atoms with E-state index in [-0.39, 0.29) is 11.5 Å². The summed E-state index contributed by atoms with van der Waals surface area (Å²) in [5.41, 5.74) is -0.179. The number of hydrogen-bond donors (Lipinski definition) is 2. The van der Waals surface area contributed by atoms with Crippen molar-refractivity contribution in [1.29, 1.82) is 0 Å². The first-order valence-electron chi connectivity index (χ1n) is 5.40. The van der Waals surface area contributed by atoms with Gasteiger partial charge in [0.1, 0.15) is 0 Å². The Kier molecular flexibility index (Phi) is 6.52. The fourth-order valence-corrected chi connectivity index (χ4v) is 1.13. The summed E-state index contributed by atoms with van der Waals surface area (Å²) in [6.45, 7) is 7.16. The Morgan fingerprint density at radius 2 is 2.13 bits per heavy atom. The topological polar surface area (TPSA) is 58.6 Å². The Balaban J connectivity index is 3.69.